The number of aryl methyl sites for hydroxylation is 1. The van der Waals surface area contributed by atoms with Gasteiger partial charge in [-0.2, -0.15) is 0 Å². The molecule has 2 aliphatic heterocycles. The number of para-hydroxylation sites is 1. The predicted octanol–water partition coefficient (Wildman–Crippen LogP) is 2.70. The Hall–Kier alpha value is -2.73. The quantitative estimate of drug-likeness (QED) is 0.701. The molecule has 4 heterocycles. The summed E-state index contributed by atoms with van der Waals surface area (Å²) < 4.78 is 5.82. The molecule has 2 aliphatic rings. The zero-order valence-corrected chi connectivity index (χ0v) is 15.6. The largest absolute Gasteiger partial charge is 0.446 e. The van der Waals surface area contributed by atoms with Crippen LogP contribution in [0.25, 0.3) is 10.9 Å². The van der Waals surface area contributed by atoms with E-state index in [0.717, 1.165) is 48.7 Å². The maximum absolute atomic E-state index is 13.0. The highest BCUT2D eigenvalue weighted by Gasteiger charge is 2.56. The number of amides is 1. The fourth-order valence-corrected chi connectivity index (χ4v) is 4.62. The van der Waals surface area contributed by atoms with Gasteiger partial charge in [0.05, 0.1) is 17.6 Å². The van der Waals surface area contributed by atoms with Crippen LogP contribution in [0, 0.1) is 12.3 Å². The van der Waals surface area contributed by atoms with Crippen LogP contribution in [0.3, 0.4) is 0 Å². The van der Waals surface area contributed by atoms with Gasteiger partial charge in [0.2, 0.25) is 0 Å². The number of hydrogen-bond acceptors (Lipinski definition) is 5. The number of carbonyl (C=O) groups excluding carboxylic acids is 1. The number of aromatic nitrogens is 2. The Morgan fingerprint density at radius 3 is 2.78 bits per heavy atom. The van der Waals surface area contributed by atoms with Crippen molar-refractivity contribution in [1.82, 2.24) is 19.8 Å². The van der Waals surface area contributed by atoms with Crippen molar-refractivity contribution in [3.63, 3.8) is 0 Å². The van der Waals surface area contributed by atoms with Gasteiger partial charge in [-0.3, -0.25) is 4.79 Å². The van der Waals surface area contributed by atoms with Crippen molar-refractivity contribution in [1.29, 1.82) is 0 Å². The average molecular weight is 362 g/mol. The molecule has 2 saturated heterocycles. The van der Waals surface area contributed by atoms with E-state index in [-0.39, 0.29) is 17.2 Å². The third-order valence-electron chi connectivity index (χ3n) is 5.87. The number of hydrogen-bond donors (Lipinski definition) is 0. The topological polar surface area (TPSA) is 62.5 Å². The minimum Gasteiger partial charge on any atom is -0.446 e. The molecule has 6 nitrogen and oxygen atoms in total. The van der Waals surface area contributed by atoms with E-state index in [1.165, 1.54) is 0 Å². The van der Waals surface area contributed by atoms with E-state index in [2.05, 4.69) is 21.9 Å². The smallest absolute Gasteiger partial charge is 0.272 e. The summed E-state index contributed by atoms with van der Waals surface area (Å²) in [5.41, 5.74) is 1.39. The fourth-order valence-electron chi connectivity index (χ4n) is 4.62. The molecule has 0 aliphatic carbocycles. The van der Waals surface area contributed by atoms with Gasteiger partial charge in [-0.15, -0.1) is 0 Å². The van der Waals surface area contributed by atoms with E-state index < -0.39 is 0 Å². The van der Waals surface area contributed by atoms with Crippen molar-refractivity contribution in [2.75, 3.05) is 33.2 Å². The number of benzene rings is 1. The molecular weight excluding hydrogens is 340 g/mol. The molecule has 1 unspecified atom stereocenters. The Morgan fingerprint density at radius 1 is 1.19 bits per heavy atom. The second-order valence-electron chi connectivity index (χ2n) is 7.97. The van der Waals surface area contributed by atoms with Gasteiger partial charge in [-0.05, 0) is 26.1 Å². The van der Waals surface area contributed by atoms with Crippen LogP contribution in [0.5, 0.6) is 0 Å². The summed E-state index contributed by atoms with van der Waals surface area (Å²) in [5.74, 6) is 1.86. The van der Waals surface area contributed by atoms with Crippen LogP contribution in [-0.2, 0) is 0 Å². The average Bonchev–Trinajstić information content (AvgIpc) is 3.22. The molecule has 6 heteroatoms. The standard InChI is InChI=1S/C21H22N4O2/c1-14-9-22-19(27-14)16-10-24(2)11-21(16)12-25(13-21)20(26)18-8-7-15-5-3-4-6-17(15)23-18/h3-9,16H,10-13H2,1-2H3. The third-order valence-corrected chi connectivity index (χ3v) is 5.87. The summed E-state index contributed by atoms with van der Waals surface area (Å²) in [6, 6.07) is 11.7. The minimum absolute atomic E-state index is 0.00302. The molecular formula is C21H22N4O2. The number of fused-ring (bicyclic) bond motifs is 1. The molecule has 0 radical (unpaired) electrons. The van der Waals surface area contributed by atoms with Crippen LogP contribution in [0.15, 0.2) is 47.0 Å². The van der Waals surface area contributed by atoms with Crippen LogP contribution < -0.4 is 0 Å². The highest BCUT2D eigenvalue weighted by molar-refractivity contribution is 5.95. The van der Waals surface area contributed by atoms with Crippen molar-refractivity contribution in [3.05, 3.63) is 59.9 Å². The Labute approximate surface area is 157 Å². The second-order valence-corrected chi connectivity index (χ2v) is 7.97. The maximum atomic E-state index is 13.0. The third kappa shape index (κ3) is 2.63. The molecule has 0 N–H and O–H groups in total. The molecule has 1 atom stereocenters. The van der Waals surface area contributed by atoms with Crippen molar-refractivity contribution >= 4 is 16.8 Å². The van der Waals surface area contributed by atoms with Crippen LogP contribution in [0.4, 0.5) is 0 Å². The summed E-state index contributed by atoms with van der Waals surface area (Å²) >= 11 is 0. The predicted molar refractivity (Wildman–Crippen MR) is 102 cm³/mol. The molecule has 3 aromatic rings. The fraction of sp³-hybridized carbons (Fsp3) is 0.381. The van der Waals surface area contributed by atoms with Gasteiger partial charge in [0, 0.05) is 37.0 Å². The first-order valence-corrected chi connectivity index (χ1v) is 9.30. The maximum Gasteiger partial charge on any atom is 0.272 e. The first kappa shape index (κ1) is 16.4. The second kappa shape index (κ2) is 5.89. The number of pyridine rings is 1. The number of nitrogens with zero attached hydrogens (tertiary/aromatic N) is 4. The van der Waals surface area contributed by atoms with Crippen LogP contribution in [0.1, 0.15) is 28.1 Å². The molecule has 5 rings (SSSR count). The van der Waals surface area contributed by atoms with E-state index in [1.807, 2.05) is 48.2 Å². The van der Waals surface area contributed by atoms with Crippen molar-refractivity contribution in [2.24, 2.45) is 5.41 Å². The summed E-state index contributed by atoms with van der Waals surface area (Å²) in [5, 5.41) is 1.05. The number of carbonyl (C=O) groups is 1. The van der Waals surface area contributed by atoms with E-state index in [1.54, 1.807) is 6.20 Å². The summed E-state index contributed by atoms with van der Waals surface area (Å²) in [6.45, 7) is 5.22. The van der Waals surface area contributed by atoms with Crippen LogP contribution in [0.2, 0.25) is 0 Å². The lowest BCUT2D eigenvalue weighted by atomic mass is 9.71. The van der Waals surface area contributed by atoms with E-state index >= 15 is 0 Å². The number of oxazole rings is 1. The van der Waals surface area contributed by atoms with Crippen molar-refractivity contribution in [3.8, 4) is 0 Å². The highest BCUT2D eigenvalue weighted by Crippen LogP contribution is 2.48. The molecule has 0 bridgehead atoms. The van der Waals surface area contributed by atoms with Gasteiger partial charge in [-0.25, -0.2) is 9.97 Å². The lowest BCUT2D eigenvalue weighted by Gasteiger charge is -2.50. The van der Waals surface area contributed by atoms with Gasteiger partial charge >= 0.3 is 0 Å². The molecule has 2 fully saturated rings. The van der Waals surface area contributed by atoms with Gasteiger partial charge in [0.15, 0.2) is 5.89 Å². The molecule has 138 valence electrons. The van der Waals surface area contributed by atoms with Gasteiger partial charge in [-0.1, -0.05) is 24.3 Å². The van der Waals surface area contributed by atoms with E-state index in [9.17, 15) is 4.79 Å². The monoisotopic (exact) mass is 362 g/mol. The summed E-state index contributed by atoms with van der Waals surface area (Å²) in [6.07, 6.45) is 1.78. The van der Waals surface area contributed by atoms with Gasteiger partial charge in [0.1, 0.15) is 11.5 Å². The summed E-state index contributed by atoms with van der Waals surface area (Å²) in [7, 11) is 2.12. The Morgan fingerprint density at radius 2 is 2.00 bits per heavy atom. The van der Waals surface area contributed by atoms with Gasteiger partial charge < -0.3 is 14.2 Å². The normalized spacial score (nSPS) is 21.7. The number of likely N-dealkylation sites (tertiary alicyclic amines) is 2. The van der Waals surface area contributed by atoms with Gasteiger partial charge in [0.25, 0.3) is 5.91 Å². The number of rotatable bonds is 2. The van der Waals surface area contributed by atoms with Crippen LogP contribution in [-0.4, -0.2) is 58.9 Å². The molecule has 1 aromatic carbocycles. The zero-order chi connectivity index (χ0) is 18.6. The van der Waals surface area contributed by atoms with Crippen LogP contribution >= 0.6 is 0 Å². The Kier molecular flexibility index (Phi) is 3.59. The SMILES string of the molecule is Cc1cnc(C2CN(C)CC23CN(C(=O)c2ccc4ccccc4n2)C3)o1. The van der Waals surface area contributed by atoms with E-state index in [0.29, 0.717) is 5.69 Å². The first-order chi connectivity index (χ1) is 13.0. The van der Waals surface area contributed by atoms with Crippen molar-refractivity contribution < 1.29 is 9.21 Å². The lowest BCUT2D eigenvalue weighted by Crippen LogP contribution is -2.61. The Balaban J connectivity index is 1.37. The Bertz CT molecular complexity index is 1020. The highest BCUT2D eigenvalue weighted by atomic mass is 16.4. The molecule has 1 amide bonds. The summed E-state index contributed by atoms with van der Waals surface area (Å²) in [4.78, 5) is 26.2. The minimum atomic E-state index is 0.00302. The first-order valence-electron chi connectivity index (χ1n) is 9.30. The lowest BCUT2D eigenvalue weighted by molar-refractivity contribution is 0.000111. The molecule has 1 spiro atoms. The molecule has 0 saturated carbocycles. The molecule has 27 heavy (non-hydrogen) atoms. The zero-order valence-electron chi connectivity index (χ0n) is 15.6. The van der Waals surface area contributed by atoms with E-state index in [4.69, 9.17) is 4.42 Å². The molecule has 2 aromatic heterocycles. The van der Waals surface area contributed by atoms with Crippen molar-refractivity contribution in [2.45, 2.75) is 12.8 Å². The number of likely N-dealkylation sites (N-methyl/N-ethyl adjacent to an activating group) is 1.